The van der Waals surface area contributed by atoms with Crippen molar-refractivity contribution in [2.75, 3.05) is 7.11 Å². The summed E-state index contributed by atoms with van der Waals surface area (Å²) < 4.78 is 18.3. The standard InChI is InChI=1S/C10H13FO2/c1-6(2)10-8(11)4-7(12)5-9(10)13-3/h4-6,12H,1-3H3. The van der Waals surface area contributed by atoms with Gasteiger partial charge in [0.15, 0.2) is 0 Å². The number of phenols is 1. The van der Waals surface area contributed by atoms with Gasteiger partial charge in [0.1, 0.15) is 17.3 Å². The number of phenolic OH excluding ortho intramolecular Hbond substituents is 1. The molecule has 0 radical (unpaired) electrons. The highest BCUT2D eigenvalue weighted by atomic mass is 19.1. The van der Waals surface area contributed by atoms with Crippen molar-refractivity contribution in [1.29, 1.82) is 0 Å². The molecule has 13 heavy (non-hydrogen) atoms. The van der Waals surface area contributed by atoms with Gasteiger partial charge in [-0.2, -0.15) is 0 Å². The Balaban J connectivity index is 3.30. The molecule has 0 aliphatic carbocycles. The van der Waals surface area contributed by atoms with Gasteiger partial charge in [-0.3, -0.25) is 0 Å². The fraction of sp³-hybridized carbons (Fsp3) is 0.400. The maximum atomic E-state index is 13.3. The molecule has 0 heterocycles. The first-order chi connectivity index (χ1) is 6.06. The third-order valence-corrected chi connectivity index (χ3v) is 1.87. The van der Waals surface area contributed by atoms with Gasteiger partial charge in [-0.05, 0) is 5.92 Å². The zero-order chi connectivity index (χ0) is 10.0. The lowest BCUT2D eigenvalue weighted by atomic mass is 10.0. The number of benzene rings is 1. The van der Waals surface area contributed by atoms with E-state index in [1.165, 1.54) is 13.2 Å². The number of hydrogen-bond acceptors (Lipinski definition) is 2. The Labute approximate surface area is 77.0 Å². The molecule has 0 amide bonds. The molecule has 0 aliphatic heterocycles. The van der Waals surface area contributed by atoms with Crippen molar-refractivity contribution < 1.29 is 14.2 Å². The first-order valence-corrected chi connectivity index (χ1v) is 4.12. The molecular formula is C10H13FO2. The summed E-state index contributed by atoms with van der Waals surface area (Å²) in [5.41, 5.74) is 0.500. The van der Waals surface area contributed by atoms with Gasteiger partial charge in [0, 0.05) is 17.7 Å². The third kappa shape index (κ3) is 1.91. The van der Waals surface area contributed by atoms with Crippen molar-refractivity contribution in [2.45, 2.75) is 19.8 Å². The monoisotopic (exact) mass is 184 g/mol. The molecule has 0 fully saturated rings. The van der Waals surface area contributed by atoms with E-state index in [9.17, 15) is 4.39 Å². The van der Waals surface area contributed by atoms with Gasteiger partial charge in [-0.15, -0.1) is 0 Å². The Morgan fingerprint density at radius 2 is 2.00 bits per heavy atom. The number of halogens is 1. The lowest BCUT2D eigenvalue weighted by molar-refractivity contribution is 0.393. The molecule has 1 aromatic rings. The van der Waals surface area contributed by atoms with E-state index in [0.717, 1.165) is 6.07 Å². The molecular weight excluding hydrogens is 171 g/mol. The van der Waals surface area contributed by atoms with Crippen molar-refractivity contribution in [3.8, 4) is 11.5 Å². The molecule has 1 rings (SSSR count). The first kappa shape index (κ1) is 9.84. The van der Waals surface area contributed by atoms with Crippen LogP contribution in [0.15, 0.2) is 12.1 Å². The van der Waals surface area contributed by atoms with E-state index in [4.69, 9.17) is 9.84 Å². The Kier molecular flexibility index (Phi) is 2.76. The van der Waals surface area contributed by atoms with Gasteiger partial charge in [-0.1, -0.05) is 13.8 Å². The van der Waals surface area contributed by atoms with Crippen LogP contribution < -0.4 is 4.74 Å². The van der Waals surface area contributed by atoms with Gasteiger partial charge in [-0.25, -0.2) is 4.39 Å². The van der Waals surface area contributed by atoms with Crippen LogP contribution in [-0.4, -0.2) is 12.2 Å². The highest BCUT2D eigenvalue weighted by Gasteiger charge is 2.14. The largest absolute Gasteiger partial charge is 0.508 e. The van der Waals surface area contributed by atoms with Crippen molar-refractivity contribution in [2.24, 2.45) is 0 Å². The number of methoxy groups -OCH3 is 1. The first-order valence-electron chi connectivity index (χ1n) is 4.12. The Bertz CT molecular complexity index is 308. The number of rotatable bonds is 2. The van der Waals surface area contributed by atoms with Gasteiger partial charge < -0.3 is 9.84 Å². The molecule has 0 aromatic heterocycles. The van der Waals surface area contributed by atoms with E-state index < -0.39 is 5.82 Å². The predicted molar refractivity (Wildman–Crippen MR) is 48.7 cm³/mol. The smallest absolute Gasteiger partial charge is 0.134 e. The number of ether oxygens (including phenoxy) is 1. The summed E-state index contributed by atoms with van der Waals surface area (Å²) in [4.78, 5) is 0. The molecule has 2 nitrogen and oxygen atoms in total. The maximum absolute atomic E-state index is 13.3. The van der Waals surface area contributed by atoms with Crippen LogP contribution in [0.25, 0.3) is 0 Å². The van der Waals surface area contributed by atoms with E-state index in [1.807, 2.05) is 13.8 Å². The molecule has 0 spiro atoms. The topological polar surface area (TPSA) is 29.5 Å². The quantitative estimate of drug-likeness (QED) is 0.765. The summed E-state index contributed by atoms with van der Waals surface area (Å²) in [5.74, 6) is -0.103. The fourth-order valence-corrected chi connectivity index (χ4v) is 1.31. The lowest BCUT2D eigenvalue weighted by Crippen LogP contribution is -1.97. The van der Waals surface area contributed by atoms with Crippen LogP contribution in [0.4, 0.5) is 4.39 Å². The van der Waals surface area contributed by atoms with Crippen molar-refractivity contribution in [3.63, 3.8) is 0 Å². The molecule has 3 heteroatoms. The van der Waals surface area contributed by atoms with Gasteiger partial charge >= 0.3 is 0 Å². The lowest BCUT2D eigenvalue weighted by Gasteiger charge is -2.12. The Hall–Kier alpha value is -1.25. The summed E-state index contributed by atoms with van der Waals surface area (Å²) in [6.07, 6.45) is 0. The normalized spacial score (nSPS) is 10.5. The van der Waals surface area contributed by atoms with Gasteiger partial charge in [0.05, 0.1) is 7.11 Å². The molecule has 1 N–H and O–H groups in total. The molecule has 0 aliphatic rings. The number of hydrogen-bond donors (Lipinski definition) is 1. The van der Waals surface area contributed by atoms with E-state index in [0.29, 0.717) is 11.3 Å². The zero-order valence-corrected chi connectivity index (χ0v) is 7.97. The fourth-order valence-electron chi connectivity index (χ4n) is 1.31. The second-order valence-corrected chi connectivity index (χ2v) is 3.20. The van der Waals surface area contributed by atoms with Crippen molar-refractivity contribution in [3.05, 3.63) is 23.5 Å². The average Bonchev–Trinajstić information content (AvgIpc) is 2.01. The predicted octanol–water partition coefficient (Wildman–Crippen LogP) is 2.66. The molecule has 0 saturated heterocycles. The van der Waals surface area contributed by atoms with Crippen LogP contribution in [0.5, 0.6) is 11.5 Å². The highest BCUT2D eigenvalue weighted by molar-refractivity contribution is 5.42. The SMILES string of the molecule is COc1cc(O)cc(F)c1C(C)C. The van der Waals surface area contributed by atoms with Crippen molar-refractivity contribution in [1.82, 2.24) is 0 Å². The summed E-state index contributed by atoms with van der Waals surface area (Å²) in [7, 11) is 1.46. The van der Waals surface area contributed by atoms with E-state index in [2.05, 4.69) is 0 Å². The molecule has 0 bridgehead atoms. The summed E-state index contributed by atoms with van der Waals surface area (Å²) in [6, 6.07) is 2.51. The molecule has 0 saturated carbocycles. The summed E-state index contributed by atoms with van der Waals surface area (Å²) >= 11 is 0. The second kappa shape index (κ2) is 3.64. The summed E-state index contributed by atoms with van der Waals surface area (Å²) in [6.45, 7) is 3.75. The van der Waals surface area contributed by atoms with Crippen LogP contribution >= 0.6 is 0 Å². The summed E-state index contributed by atoms with van der Waals surface area (Å²) in [5, 5.41) is 9.11. The Morgan fingerprint density at radius 1 is 1.38 bits per heavy atom. The van der Waals surface area contributed by atoms with Crippen LogP contribution in [0, 0.1) is 5.82 Å². The van der Waals surface area contributed by atoms with Crippen LogP contribution in [0.2, 0.25) is 0 Å². The molecule has 0 unspecified atom stereocenters. The third-order valence-electron chi connectivity index (χ3n) is 1.87. The minimum absolute atomic E-state index is 0.0375. The Morgan fingerprint density at radius 3 is 2.46 bits per heavy atom. The highest BCUT2D eigenvalue weighted by Crippen LogP contribution is 2.32. The van der Waals surface area contributed by atoms with Crippen LogP contribution in [0.3, 0.4) is 0 Å². The van der Waals surface area contributed by atoms with Crippen molar-refractivity contribution >= 4 is 0 Å². The van der Waals surface area contributed by atoms with Crippen LogP contribution in [0.1, 0.15) is 25.3 Å². The van der Waals surface area contributed by atoms with E-state index >= 15 is 0 Å². The van der Waals surface area contributed by atoms with Gasteiger partial charge in [0.2, 0.25) is 0 Å². The minimum atomic E-state index is -0.424. The van der Waals surface area contributed by atoms with Crippen LogP contribution in [-0.2, 0) is 0 Å². The minimum Gasteiger partial charge on any atom is -0.508 e. The van der Waals surface area contributed by atoms with E-state index in [-0.39, 0.29) is 11.7 Å². The van der Waals surface area contributed by atoms with Gasteiger partial charge in [0.25, 0.3) is 0 Å². The second-order valence-electron chi connectivity index (χ2n) is 3.20. The molecule has 1 aromatic carbocycles. The van der Waals surface area contributed by atoms with E-state index in [1.54, 1.807) is 0 Å². The zero-order valence-electron chi connectivity index (χ0n) is 7.97. The number of aromatic hydroxyl groups is 1. The average molecular weight is 184 g/mol. The molecule has 72 valence electrons. The maximum Gasteiger partial charge on any atom is 0.134 e. The molecule has 0 atom stereocenters.